The Kier molecular flexibility index (Phi) is 4.20. The number of carbonyl (C=O) groups excluding carboxylic acids is 1. The van der Waals surface area contributed by atoms with Gasteiger partial charge in [0.1, 0.15) is 6.33 Å². The molecular weight excluding hydrogens is 310 g/mol. The molecular formula is C16H19N5O3. The lowest BCUT2D eigenvalue weighted by Crippen LogP contribution is -2.40. The first-order valence-electron chi connectivity index (χ1n) is 7.70. The summed E-state index contributed by atoms with van der Waals surface area (Å²) in [6.45, 7) is 2.52. The quantitative estimate of drug-likeness (QED) is 0.880. The molecule has 1 aliphatic heterocycles. The van der Waals surface area contributed by atoms with Gasteiger partial charge in [-0.05, 0) is 25.5 Å². The van der Waals surface area contributed by atoms with E-state index in [-0.39, 0.29) is 19.1 Å². The third-order valence-corrected chi connectivity index (χ3v) is 4.33. The van der Waals surface area contributed by atoms with Crippen molar-refractivity contribution in [3.63, 3.8) is 0 Å². The van der Waals surface area contributed by atoms with Crippen LogP contribution < -0.4 is 5.32 Å². The zero-order chi connectivity index (χ0) is 17.2. The van der Waals surface area contributed by atoms with Crippen LogP contribution in [0.15, 0.2) is 36.7 Å². The van der Waals surface area contributed by atoms with E-state index in [1.165, 1.54) is 4.90 Å². The zero-order valence-electron chi connectivity index (χ0n) is 13.3. The summed E-state index contributed by atoms with van der Waals surface area (Å²) in [5, 5.41) is 19.9. The van der Waals surface area contributed by atoms with E-state index in [9.17, 15) is 14.7 Å². The molecule has 0 aliphatic carbocycles. The van der Waals surface area contributed by atoms with Gasteiger partial charge in [0, 0.05) is 18.8 Å². The second-order valence-corrected chi connectivity index (χ2v) is 6.15. The highest BCUT2D eigenvalue weighted by Crippen LogP contribution is 2.29. The number of rotatable bonds is 4. The lowest BCUT2D eigenvalue weighted by atomic mass is 9.90. The van der Waals surface area contributed by atoms with E-state index < -0.39 is 11.4 Å². The van der Waals surface area contributed by atoms with Crippen molar-refractivity contribution in [1.29, 1.82) is 0 Å². The van der Waals surface area contributed by atoms with Crippen molar-refractivity contribution >= 4 is 12.0 Å². The third kappa shape index (κ3) is 3.08. The van der Waals surface area contributed by atoms with Gasteiger partial charge < -0.3 is 15.3 Å². The van der Waals surface area contributed by atoms with Crippen molar-refractivity contribution in [1.82, 2.24) is 25.0 Å². The Balaban J connectivity index is 1.62. The first-order valence-corrected chi connectivity index (χ1v) is 7.70. The molecule has 1 aromatic heterocycles. The Morgan fingerprint density at radius 2 is 2.08 bits per heavy atom. The summed E-state index contributed by atoms with van der Waals surface area (Å²) in [6.07, 6.45) is 2.05. The monoisotopic (exact) mass is 329 g/mol. The molecule has 1 saturated heterocycles. The highest BCUT2D eigenvalue weighted by Gasteiger charge is 2.42. The average Bonchev–Trinajstić information content (AvgIpc) is 3.21. The van der Waals surface area contributed by atoms with Crippen LogP contribution in [0.5, 0.6) is 0 Å². The van der Waals surface area contributed by atoms with Crippen molar-refractivity contribution in [2.75, 3.05) is 13.1 Å². The maximum atomic E-state index is 12.3. The molecule has 8 heteroatoms. The number of carbonyl (C=O) groups is 2. The number of likely N-dealkylation sites (tertiary alicyclic amines) is 1. The molecule has 3 rings (SSSR count). The minimum atomic E-state index is -0.874. The van der Waals surface area contributed by atoms with Gasteiger partial charge in [0.05, 0.1) is 12.0 Å². The van der Waals surface area contributed by atoms with Crippen LogP contribution in [0.3, 0.4) is 0 Å². The maximum absolute atomic E-state index is 12.3. The van der Waals surface area contributed by atoms with Gasteiger partial charge in [0.2, 0.25) is 0 Å². The van der Waals surface area contributed by atoms with Crippen LogP contribution in [0.4, 0.5) is 4.79 Å². The van der Waals surface area contributed by atoms with E-state index in [0.717, 1.165) is 5.69 Å². The zero-order valence-corrected chi connectivity index (χ0v) is 13.3. The maximum Gasteiger partial charge on any atom is 0.317 e. The smallest absolute Gasteiger partial charge is 0.317 e. The molecule has 1 fully saturated rings. The number of carboxylic acid groups (broad SMARTS) is 1. The van der Waals surface area contributed by atoms with Crippen LogP contribution in [0.2, 0.25) is 0 Å². The van der Waals surface area contributed by atoms with Crippen molar-refractivity contribution < 1.29 is 14.7 Å². The molecule has 2 heterocycles. The SMILES string of the molecule is CC1(C(=O)O)CCN(C(=O)NCc2nncn2-c2ccccc2)C1. The standard InChI is InChI=1S/C16H19N5O3/c1-16(14(22)23)7-8-20(10-16)15(24)17-9-13-19-18-11-21(13)12-5-3-2-4-6-12/h2-6,11H,7-10H2,1H3,(H,17,24)(H,22,23). The second-order valence-electron chi connectivity index (χ2n) is 6.15. The van der Waals surface area contributed by atoms with E-state index in [1.54, 1.807) is 17.8 Å². The number of hydrogen-bond donors (Lipinski definition) is 2. The minimum Gasteiger partial charge on any atom is -0.481 e. The van der Waals surface area contributed by atoms with Crippen LogP contribution in [-0.2, 0) is 11.3 Å². The van der Waals surface area contributed by atoms with Crippen LogP contribution in [-0.4, -0.2) is 49.9 Å². The number of urea groups is 1. The molecule has 1 aromatic carbocycles. The summed E-state index contributed by atoms with van der Waals surface area (Å²) in [6, 6.07) is 9.30. The minimum absolute atomic E-state index is 0.208. The van der Waals surface area contributed by atoms with Crippen LogP contribution in [0.25, 0.3) is 5.69 Å². The third-order valence-electron chi connectivity index (χ3n) is 4.33. The Hall–Kier alpha value is -2.90. The first-order chi connectivity index (χ1) is 11.5. The number of hydrogen-bond acceptors (Lipinski definition) is 4. The number of carboxylic acids is 1. The normalized spacial score (nSPS) is 20.1. The number of nitrogens with one attached hydrogen (secondary N) is 1. The van der Waals surface area contributed by atoms with Gasteiger partial charge in [0.15, 0.2) is 5.82 Å². The molecule has 2 aromatic rings. The Morgan fingerprint density at radius 1 is 1.33 bits per heavy atom. The Labute approximate surface area is 139 Å². The van der Waals surface area contributed by atoms with Gasteiger partial charge in [-0.1, -0.05) is 18.2 Å². The van der Waals surface area contributed by atoms with Gasteiger partial charge >= 0.3 is 12.0 Å². The fourth-order valence-electron chi connectivity index (χ4n) is 2.76. The molecule has 0 saturated carbocycles. The molecule has 0 radical (unpaired) electrons. The van der Waals surface area contributed by atoms with Crippen LogP contribution in [0.1, 0.15) is 19.2 Å². The predicted octanol–water partition coefficient (Wildman–Crippen LogP) is 1.27. The molecule has 2 N–H and O–H groups in total. The average molecular weight is 329 g/mol. The van der Waals surface area contributed by atoms with Gasteiger partial charge in [-0.3, -0.25) is 9.36 Å². The summed E-state index contributed by atoms with van der Waals surface area (Å²) < 4.78 is 1.80. The van der Waals surface area contributed by atoms with E-state index >= 15 is 0 Å². The molecule has 0 spiro atoms. The van der Waals surface area contributed by atoms with Crippen molar-refractivity contribution in [2.45, 2.75) is 19.9 Å². The van der Waals surface area contributed by atoms with Gasteiger partial charge in [-0.15, -0.1) is 10.2 Å². The molecule has 1 unspecified atom stereocenters. The molecule has 126 valence electrons. The summed E-state index contributed by atoms with van der Waals surface area (Å²) in [7, 11) is 0. The summed E-state index contributed by atoms with van der Waals surface area (Å²) in [5.41, 5.74) is 0.0351. The van der Waals surface area contributed by atoms with Gasteiger partial charge in [-0.2, -0.15) is 0 Å². The van der Waals surface area contributed by atoms with Gasteiger partial charge in [0.25, 0.3) is 0 Å². The largest absolute Gasteiger partial charge is 0.481 e. The Morgan fingerprint density at radius 3 is 2.75 bits per heavy atom. The second kappa shape index (κ2) is 6.31. The summed E-state index contributed by atoms with van der Waals surface area (Å²) in [5.74, 6) is -0.267. The predicted molar refractivity (Wildman–Crippen MR) is 85.5 cm³/mol. The van der Waals surface area contributed by atoms with E-state index in [2.05, 4.69) is 15.5 Å². The summed E-state index contributed by atoms with van der Waals surface area (Å²) >= 11 is 0. The number of nitrogens with zero attached hydrogens (tertiary/aromatic N) is 4. The molecule has 1 atom stereocenters. The topological polar surface area (TPSA) is 100 Å². The fourth-order valence-corrected chi connectivity index (χ4v) is 2.76. The van der Waals surface area contributed by atoms with E-state index in [0.29, 0.717) is 18.8 Å². The molecule has 0 bridgehead atoms. The number of para-hydroxylation sites is 1. The fraction of sp³-hybridized carbons (Fsp3) is 0.375. The lowest BCUT2D eigenvalue weighted by molar-refractivity contribution is -0.147. The number of aromatic nitrogens is 3. The van der Waals surface area contributed by atoms with Crippen LogP contribution >= 0.6 is 0 Å². The van der Waals surface area contributed by atoms with Crippen molar-refractivity contribution in [3.05, 3.63) is 42.5 Å². The van der Waals surface area contributed by atoms with E-state index in [4.69, 9.17) is 0 Å². The van der Waals surface area contributed by atoms with Crippen molar-refractivity contribution in [3.8, 4) is 5.69 Å². The highest BCUT2D eigenvalue weighted by atomic mass is 16.4. The Bertz CT molecular complexity index is 745. The first kappa shape index (κ1) is 16.0. The number of benzene rings is 1. The molecule has 24 heavy (non-hydrogen) atoms. The van der Waals surface area contributed by atoms with Gasteiger partial charge in [-0.25, -0.2) is 4.79 Å². The number of aliphatic carboxylic acids is 1. The van der Waals surface area contributed by atoms with E-state index in [1.807, 2.05) is 30.3 Å². The molecule has 2 amide bonds. The lowest BCUT2D eigenvalue weighted by Gasteiger charge is -2.20. The molecule has 8 nitrogen and oxygen atoms in total. The highest BCUT2D eigenvalue weighted by molar-refractivity contribution is 5.79. The summed E-state index contributed by atoms with van der Waals surface area (Å²) in [4.78, 5) is 25.0. The number of amides is 2. The molecule has 1 aliphatic rings. The van der Waals surface area contributed by atoms with Crippen LogP contribution in [0, 0.1) is 5.41 Å². The van der Waals surface area contributed by atoms with Crippen molar-refractivity contribution in [2.24, 2.45) is 5.41 Å².